The highest BCUT2D eigenvalue weighted by Gasteiger charge is 2.29. The number of halogens is 2. The molecule has 1 unspecified atom stereocenters. The number of nitrogens with zero attached hydrogens (tertiary/aromatic N) is 1. The summed E-state index contributed by atoms with van der Waals surface area (Å²) in [5.74, 6) is -1.93. The number of carbonyl (C=O) groups is 2. The minimum Gasteiger partial charge on any atom is -0.468 e. The minimum atomic E-state index is -0.883. The van der Waals surface area contributed by atoms with E-state index >= 15 is 0 Å². The van der Waals surface area contributed by atoms with Crippen molar-refractivity contribution in [1.29, 1.82) is 0 Å². The third-order valence-corrected chi connectivity index (χ3v) is 2.75. The lowest BCUT2D eigenvalue weighted by Gasteiger charge is -2.11. The van der Waals surface area contributed by atoms with Gasteiger partial charge in [-0.2, -0.15) is 0 Å². The first-order valence-corrected chi connectivity index (χ1v) is 5.70. The third-order valence-electron chi connectivity index (χ3n) is 2.25. The first-order valence-electron chi connectivity index (χ1n) is 4.94. The average molecular weight is 276 g/mol. The molecule has 17 heavy (non-hydrogen) atoms. The summed E-state index contributed by atoms with van der Waals surface area (Å²) in [5, 5.41) is 0.461. The van der Waals surface area contributed by atoms with Gasteiger partial charge in [-0.25, -0.2) is 4.98 Å². The molecule has 6 heteroatoms. The van der Waals surface area contributed by atoms with Gasteiger partial charge in [-0.3, -0.25) is 9.59 Å². The maximum Gasteiger partial charge on any atom is 0.316 e. The molecule has 1 aromatic heterocycles. The highest BCUT2D eigenvalue weighted by Crippen LogP contribution is 2.22. The molecule has 0 spiro atoms. The van der Waals surface area contributed by atoms with E-state index in [1.54, 1.807) is 6.92 Å². The molecule has 0 saturated carbocycles. The Morgan fingerprint density at radius 2 is 2.12 bits per heavy atom. The molecule has 1 atom stereocenters. The SMILES string of the molecule is CCC(C(=O)OC)C(=O)c1ncc(Cl)cc1Cl. The molecule has 4 nitrogen and oxygen atoms in total. The Bertz CT molecular complexity index is 448. The summed E-state index contributed by atoms with van der Waals surface area (Å²) in [6.07, 6.45) is 1.64. The van der Waals surface area contributed by atoms with E-state index in [0.717, 1.165) is 0 Å². The van der Waals surface area contributed by atoms with Gasteiger partial charge in [-0.05, 0) is 12.5 Å². The van der Waals surface area contributed by atoms with Gasteiger partial charge in [0.2, 0.25) is 0 Å². The molecule has 0 saturated heterocycles. The zero-order valence-electron chi connectivity index (χ0n) is 9.37. The normalized spacial score (nSPS) is 12.0. The summed E-state index contributed by atoms with van der Waals surface area (Å²) >= 11 is 11.5. The number of hydrogen-bond acceptors (Lipinski definition) is 4. The van der Waals surface area contributed by atoms with E-state index in [2.05, 4.69) is 9.72 Å². The molecule has 0 aliphatic carbocycles. The topological polar surface area (TPSA) is 56.3 Å². The van der Waals surface area contributed by atoms with Crippen molar-refractivity contribution in [2.45, 2.75) is 13.3 Å². The Morgan fingerprint density at radius 3 is 2.59 bits per heavy atom. The van der Waals surface area contributed by atoms with Gasteiger partial charge in [-0.1, -0.05) is 30.1 Å². The van der Waals surface area contributed by atoms with Crippen LogP contribution >= 0.6 is 23.2 Å². The number of rotatable bonds is 4. The van der Waals surface area contributed by atoms with Gasteiger partial charge < -0.3 is 4.74 Å². The van der Waals surface area contributed by atoms with Gasteiger partial charge >= 0.3 is 5.97 Å². The van der Waals surface area contributed by atoms with E-state index in [9.17, 15) is 9.59 Å². The molecule has 0 amide bonds. The van der Waals surface area contributed by atoms with Crippen LogP contribution in [-0.4, -0.2) is 23.8 Å². The summed E-state index contributed by atoms with van der Waals surface area (Å²) in [7, 11) is 1.23. The highest BCUT2D eigenvalue weighted by molar-refractivity contribution is 6.36. The smallest absolute Gasteiger partial charge is 0.316 e. The van der Waals surface area contributed by atoms with Crippen LogP contribution in [0.25, 0.3) is 0 Å². The van der Waals surface area contributed by atoms with Crippen LogP contribution in [0.3, 0.4) is 0 Å². The Labute approximate surface area is 109 Å². The van der Waals surface area contributed by atoms with Crippen molar-refractivity contribution in [2.75, 3.05) is 7.11 Å². The molecule has 0 N–H and O–H groups in total. The van der Waals surface area contributed by atoms with E-state index in [4.69, 9.17) is 23.2 Å². The number of Topliss-reactive ketones (excluding diaryl/α,β-unsaturated/α-hetero) is 1. The number of carbonyl (C=O) groups excluding carboxylic acids is 2. The molecule has 0 bridgehead atoms. The number of methoxy groups -OCH3 is 1. The molecule has 0 aliphatic heterocycles. The molecule has 92 valence electrons. The van der Waals surface area contributed by atoms with Crippen molar-refractivity contribution < 1.29 is 14.3 Å². The zero-order valence-corrected chi connectivity index (χ0v) is 10.9. The van der Waals surface area contributed by atoms with Crippen molar-refractivity contribution in [3.63, 3.8) is 0 Å². The van der Waals surface area contributed by atoms with Crippen molar-refractivity contribution in [1.82, 2.24) is 4.98 Å². The fraction of sp³-hybridized carbons (Fsp3) is 0.364. The second-order valence-corrected chi connectivity index (χ2v) is 4.18. The van der Waals surface area contributed by atoms with Crippen LogP contribution in [0.1, 0.15) is 23.8 Å². The molecule has 1 heterocycles. The van der Waals surface area contributed by atoms with Crippen molar-refractivity contribution in [3.05, 3.63) is 28.0 Å². The molecule has 1 aromatic rings. The first-order chi connectivity index (χ1) is 8.01. The maximum atomic E-state index is 12.0. The summed E-state index contributed by atoms with van der Waals surface area (Å²) in [6, 6.07) is 1.41. The van der Waals surface area contributed by atoms with Crippen LogP contribution in [-0.2, 0) is 9.53 Å². The molecule has 0 radical (unpaired) electrons. The van der Waals surface area contributed by atoms with Crippen LogP contribution in [0.4, 0.5) is 0 Å². The van der Waals surface area contributed by atoms with Crippen LogP contribution < -0.4 is 0 Å². The predicted molar refractivity (Wildman–Crippen MR) is 64.4 cm³/mol. The second kappa shape index (κ2) is 5.98. The van der Waals surface area contributed by atoms with Crippen LogP contribution in [0, 0.1) is 5.92 Å². The van der Waals surface area contributed by atoms with Crippen LogP contribution in [0.5, 0.6) is 0 Å². The average Bonchev–Trinajstić information content (AvgIpc) is 2.29. The zero-order chi connectivity index (χ0) is 13.0. The summed E-state index contributed by atoms with van der Waals surface area (Å²) < 4.78 is 4.55. The van der Waals surface area contributed by atoms with E-state index in [1.807, 2.05) is 0 Å². The molecule has 0 aromatic carbocycles. The van der Waals surface area contributed by atoms with Gasteiger partial charge in [0, 0.05) is 6.20 Å². The van der Waals surface area contributed by atoms with Crippen molar-refractivity contribution >= 4 is 35.0 Å². The third kappa shape index (κ3) is 3.17. The Morgan fingerprint density at radius 1 is 1.47 bits per heavy atom. The predicted octanol–water partition coefficient (Wildman–Crippen LogP) is 2.77. The van der Waals surface area contributed by atoms with Gasteiger partial charge in [0.25, 0.3) is 0 Å². The van der Waals surface area contributed by atoms with Gasteiger partial charge in [-0.15, -0.1) is 0 Å². The standard InChI is InChI=1S/C11H11Cl2NO3/c1-3-7(11(16)17-2)10(15)9-8(13)4-6(12)5-14-9/h4-5,7H,3H2,1-2H3. The number of esters is 1. The molecular weight excluding hydrogens is 265 g/mol. The summed E-state index contributed by atoms with van der Waals surface area (Å²) in [4.78, 5) is 27.3. The minimum absolute atomic E-state index is 0.0355. The first kappa shape index (κ1) is 13.9. The fourth-order valence-corrected chi connectivity index (χ4v) is 1.84. The molecule has 0 aliphatic rings. The van der Waals surface area contributed by atoms with Gasteiger partial charge in [0.05, 0.1) is 17.2 Å². The second-order valence-electron chi connectivity index (χ2n) is 3.33. The van der Waals surface area contributed by atoms with Gasteiger partial charge in [0.15, 0.2) is 5.78 Å². The van der Waals surface area contributed by atoms with E-state index in [1.165, 1.54) is 19.4 Å². The Kier molecular flexibility index (Phi) is 4.90. The summed E-state index contributed by atoms with van der Waals surface area (Å²) in [6.45, 7) is 1.71. The quantitative estimate of drug-likeness (QED) is 0.482. The maximum absolute atomic E-state index is 12.0. The molecule has 0 fully saturated rings. The number of aromatic nitrogens is 1. The van der Waals surface area contributed by atoms with Gasteiger partial charge in [0.1, 0.15) is 11.6 Å². The lowest BCUT2D eigenvalue weighted by Crippen LogP contribution is -2.25. The van der Waals surface area contributed by atoms with Crippen LogP contribution in [0.15, 0.2) is 12.3 Å². The van der Waals surface area contributed by atoms with Crippen molar-refractivity contribution in [3.8, 4) is 0 Å². The number of hydrogen-bond donors (Lipinski definition) is 0. The van der Waals surface area contributed by atoms with Crippen molar-refractivity contribution in [2.24, 2.45) is 5.92 Å². The van der Waals surface area contributed by atoms with E-state index in [0.29, 0.717) is 11.4 Å². The number of pyridine rings is 1. The summed E-state index contributed by atoms with van der Waals surface area (Å²) in [5.41, 5.74) is 0.0355. The lowest BCUT2D eigenvalue weighted by molar-refractivity contribution is -0.143. The monoisotopic (exact) mass is 275 g/mol. The Hall–Kier alpha value is -1.13. The highest BCUT2D eigenvalue weighted by atomic mass is 35.5. The number of ether oxygens (including phenoxy) is 1. The molecular formula is C11H11Cl2NO3. The largest absolute Gasteiger partial charge is 0.468 e. The number of ketones is 1. The van der Waals surface area contributed by atoms with E-state index < -0.39 is 17.7 Å². The van der Waals surface area contributed by atoms with Crippen LogP contribution in [0.2, 0.25) is 10.0 Å². The molecule has 1 rings (SSSR count). The fourth-order valence-electron chi connectivity index (χ4n) is 1.36. The Balaban J connectivity index is 3.06. The van der Waals surface area contributed by atoms with E-state index in [-0.39, 0.29) is 10.7 Å². The lowest BCUT2D eigenvalue weighted by atomic mass is 9.98.